The molecule has 1 heterocycles. The predicted molar refractivity (Wildman–Crippen MR) is 48.3 cm³/mol. The van der Waals surface area contributed by atoms with E-state index in [0.717, 1.165) is 0 Å². The number of carbonyl (C=O) groups is 1. The number of hydrogen-bond donors (Lipinski definition) is 1. The van der Waals surface area contributed by atoms with Crippen LogP contribution in [0, 0.1) is 0 Å². The highest BCUT2D eigenvalue weighted by molar-refractivity contribution is 9.10. The van der Waals surface area contributed by atoms with Gasteiger partial charge in [0.2, 0.25) is 0 Å². The average molecular weight is 250 g/mol. The Hall–Kier alpha value is -0.610. The van der Waals surface area contributed by atoms with Crippen LogP contribution in [-0.2, 0) is 11.2 Å². The first kappa shape index (κ1) is 9.48. The number of carboxylic acid groups (broad SMARTS) is 1. The molecule has 1 aromatic rings. The lowest BCUT2D eigenvalue weighted by atomic mass is 10.3. The van der Waals surface area contributed by atoms with Gasteiger partial charge in [-0.05, 0) is 28.1 Å². The van der Waals surface area contributed by atoms with Crippen LogP contribution >= 0.6 is 27.5 Å². The molecule has 0 fully saturated rings. The molecule has 0 radical (unpaired) electrons. The van der Waals surface area contributed by atoms with Crippen molar-refractivity contribution in [1.82, 2.24) is 4.98 Å². The summed E-state index contributed by atoms with van der Waals surface area (Å²) in [6, 6.07) is 3.27. The molecule has 5 heteroatoms. The monoisotopic (exact) mass is 249 g/mol. The maximum atomic E-state index is 10.3. The minimum absolute atomic E-state index is 0.154. The minimum Gasteiger partial charge on any atom is -0.481 e. The molecule has 0 bridgehead atoms. The summed E-state index contributed by atoms with van der Waals surface area (Å²) in [5, 5.41) is 8.84. The second-order valence-electron chi connectivity index (χ2n) is 2.13. The molecule has 0 aliphatic rings. The molecule has 0 aliphatic carbocycles. The lowest BCUT2D eigenvalue weighted by Gasteiger charge is -1.99. The molecular formula is C7H5BrClNO2. The van der Waals surface area contributed by atoms with Crippen LogP contribution in [0.15, 0.2) is 16.7 Å². The number of aliphatic carboxylic acids is 1. The molecule has 1 rings (SSSR count). The molecule has 0 amide bonds. The zero-order valence-electron chi connectivity index (χ0n) is 5.92. The van der Waals surface area contributed by atoms with Crippen LogP contribution in [0.25, 0.3) is 0 Å². The summed E-state index contributed by atoms with van der Waals surface area (Å²) in [7, 11) is 0. The maximum Gasteiger partial charge on any atom is 0.309 e. The Bertz CT molecular complexity index is 316. The first-order chi connectivity index (χ1) is 5.59. The Morgan fingerprint density at radius 2 is 2.33 bits per heavy atom. The summed E-state index contributed by atoms with van der Waals surface area (Å²) in [6.45, 7) is 0. The van der Waals surface area contributed by atoms with Crippen molar-refractivity contribution in [3.05, 3.63) is 27.5 Å². The van der Waals surface area contributed by atoms with Crippen molar-refractivity contribution in [2.45, 2.75) is 6.42 Å². The molecule has 64 valence electrons. The van der Waals surface area contributed by atoms with Crippen molar-refractivity contribution in [3.8, 4) is 0 Å². The number of halogens is 2. The first-order valence-corrected chi connectivity index (χ1v) is 4.29. The van der Waals surface area contributed by atoms with Gasteiger partial charge in [-0.1, -0.05) is 11.6 Å². The van der Waals surface area contributed by atoms with Gasteiger partial charge in [-0.2, -0.15) is 0 Å². The molecule has 1 aromatic heterocycles. The third-order valence-corrected chi connectivity index (χ3v) is 1.99. The fourth-order valence-electron chi connectivity index (χ4n) is 0.725. The van der Waals surface area contributed by atoms with Crippen molar-refractivity contribution in [2.24, 2.45) is 0 Å². The van der Waals surface area contributed by atoms with Gasteiger partial charge >= 0.3 is 5.97 Å². The fourth-order valence-corrected chi connectivity index (χ4v) is 1.24. The molecule has 0 saturated carbocycles. The Morgan fingerprint density at radius 1 is 1.67 bits per heavy atom. The van der Waals surface area contributed by atoms with E-state index in [2.05, 4.69) is 20.9 Å². The quantitative estimate of drug-likeness (QED) is 0.818. The predicted octanol–water partition coefficient (Wildman–Crippen LogP) is 2.12. The largest absolute Gasteiger partial charge is 0.481 e. The number of rotatable bonds is 2. The topological polar surface area (TPSA) is 50.2 Å². The zero-order valence-corrected chi connectivity index (χ0v) is 8.26. The third-order valence-electron chi connectivity index (χ3n) is 1.20. The van der Waals surface area contributed by atoms with Crippen LogP contribution in [0.3, 0.4) is 0 Å². The van der Waals surface area contributed by atoms with E-state index in [1.165, 1.54) is 0 Å². The smallest absolute Gasteiger partial charge is 0.309 e. The van der Waals surface area contributed by atoms with Gasteiger partial charge in [0, 0.05) is 0 Å². The molecule has 0 unspecified atom stereocenters. The summed E-state index contributed by atoms with van der Waals surface area (Å²) < 4.78 is 0.586. The minimum atomic E-state index is -0.942. The molecule has 0 aromatic carbocycles. The second kappa shape index (κ2) is 3.87. The van der Waals surface area contributed by atoms with Crippen molar-refractivity contribution < 1.29 is 9.90 Å². The summed E-state index contributed by atoms with van der Waals surface area (Å²) in [5.74, 6) is -0.942. The van der Waals surface area contributed by atoms with E-state index < -0.39 is 5.97 Å². The van der Waals surface area contributed by atoms with E-state index in [4.69, 9.17) is 16.7 Å². The van der Waals surface area contributed by atoms with Crippen molar-refractivity contribution >= 4 is 33.5 Å². The Balaban J connectivity index is 2.97. The van der Waals surface area contributed by atoms with Crippen LogP contribution in [0.4, 0.5) is 0 Å². The van der Waals surface area contributed by atoms with Crippen LogP contribution in [0.5, 0.6) is 0 Å². The molecule has 0 spiro atoms. The summed E-state index contributed by atoms with van der Waals surface area (Å²) >= 11 is 8.82. The molecular weight excluding hydrogens is 245 g/mol. The molecule has 3 nitrogen and oxygen atoms in total. The number of nitrogens with zero attached hydrogens (tertiary/aromatic N) is 1. The Morgan fingerprint density at radius 3 is 2.92 bits per heavy atom. The van der Waals surface area contributed by atoms with Crippen LogP contribution < -0.4 is 0 Å². The van der Waals surface area contributed by atoms with E-state index in [9.17, 15) is 4.79 Å². The van der Waals surface area contributed by atoms with Gasteiger partial charge in [0.25, 0.3) is 0 Å². The van der Waals surface area contributed by atoms with E-state index in [1.807, 2.05) is 0 Å². The second-order valence-corrected chi connectivity index (χ2v) is 3.35. The number of carboxylic acids is 1. The molecule has 12 heavy (non-hydrogen) atoms. The zero-order chi connectivity index (χ0) is 9.14. The van der Waals surface area contributed by atoms with E-state index in [0.29, 0.717) is 15.3 Å². The van der Waals surface area contributed by atoms with Gasteiger partial charge in [0.05, 0.1) is 17.1 Å². The molecule has 1 N–H and O–H groups in total. The lowest BCUT2D eigenvalue weighted by Crippen LogP contribution is -2.02. The summed E-state index contributed by atoms with van der Waals surface area (Å²) in [6.07, 6.45) is -0.154. The molecule has 0 saturated heterocycles. The summed E-state index contributed by atoms with van der Waals surface area (Å²) in [5.41, 5.74) is 0.374. The molecule has 0 aliphatic heterocycles. The number of hydrogen-bond acceptors (Lipinski definition) is 2. The van der Waals surface area contributed by atoms with Crippen molar-refractivity contribution in [2.75, 3.05) is 0 Å². The normalized spacial score (nSPS) is 9.83. The maximum absolute atomic E-state index is 10.3. The number of pyridine rings is 1. The van der Waals surface area contributed by atoms with Crippen LogP contribution in [-0.4, -0.2) is 16.1 Å². The fraction of sp³-hybridized carbons (Fsp3) is 0.143. The SMILES string of the molecule is O=C(O)Cc1nc(Br)ccc1Cl. The van der Waals surface area contributed by atoms with Gasteiger partial charge in [-0.15, -0.1) is 0 Å². The number of aromatic nitrogens is 1. The van der Waals surface area contributed by atoms with Crippen LogP contribution in [0.2, 0.25) is 5.02 Å². The van der Waals surface area contributed by atoms with Gasteiger partial charge in [-0.3, -0.25) is 4.79 Å². The molecule has 0 atom stereocenters. The van der Waals surface area contributed by atoms with E-state index in [1.54, 1.807) is 12.1 Å². The Labute approximate surface area is 82.5 Å². The Kier molecular flexibility index (Phi) is 3.05. The first-order valence-electron chi connectivity index (χ1n) is 3.12. The van der Waals surface area contributed by atoms with Crippen molar-refractivity contribution in [3.63, 3.8) is 0 Å². The third kappa shape index (κ3) is 2.46. The van der Waals surface area contributed by atoms with E-state index >= 15 is 0 Å². The van der Waals surface area contributed by atoms with Gasteiger partial charge in [0.1, 0.15) is 4.60 Å². The lowest BCUT2D eigenvalue weighted by molar-refractivity contribution is -0.136. The van der Waals surface area contributed by atoms with Crippen molar-refractivity contribution in [1.29, 1.82) is 0 Å². The highest BCUT2D eigenvalue weighted by Crippen LogP contribution is 2.17. The highest BCUT2D eigenvalue weighted by atomic mass is 79.9. The van der Waals surface area contributed by atoms with Gasteiger partial charge < -0.3 is 5.11 Å². The summed E-state index contributed by atoms with van der Waals surface area (Å²) in [4.78, 5) is 14.2. The van der Waals surface area contributed by atoms with Gasteiger partial charge in [0.15, 0.2) is 0 Å². The standard InChI is InChI=1S/C7H5BrClNO2/c8-6-2-1-4(9)5(10-6)3-7(11)12/h1-2H,3H2,(H,11,12). The van der Waals surface area contributed by atoms with Crippen LogP contribution in [0.1, 0.15) is 5.69 Å². The highest BCUT2D eigenvalue weighted by Gasteiger charge is 2.06. The average Bonchev–Trinajstić information content (AvgIpc) is 1.96. The van der Waals surface area contributed by atoms with Gasteiger partial charge in [-0.25, -0.2) is 4.98 Å². The van der Waals surface area contributed by atoms with E-state index in [-0.39, 0.29) is 6.42 Å².